The van der Waals surface area contributed by atoms with Gasteiger partial charge < -0.3 is 15.7 Å². The lowest BCUT2D eigenvalue weighted by molar-refractivity contribution is 0.0698. The largest absolute Gasteiger partial charge is 0.478 e. The fourth-order valence-electron chi connectivity index (χ4n) is 2.25. The van der Waals surface area contributed by atoms with Crippen molar-refractivity contribution in [1.29, 1.82) is 0 Å². The Balaban J connectivity index is 1.74. The molecule has 0 amide bonds. The highest BCUT2D eigenvalue weighted by Crippen LogP contribution is 2.20. The molecule has 0 saturated carbocycles. The van der Waals surface area contributed by atoms with Crippen molar-refractivity contribution in [2.75, 3.05) is 10.6 Å². The van der Waals surface area contributed by atoms with Crippen LogP contribution in [-0.4, -0.2) is 21.0 Å². The summed E-state index contributed by atoms with van der Waals surface area (Å²) in [5, 5.41) is 16.0. The summed E-state index contributed by atoms with van der Waals surface area (Å²) in [7, 11) is 0. The van der Waals surface area contributed by atoms with Crippen LogP contribution in [0.1, 0.15) is 15.9 Å². The molecular formula is C18H15ClN4O2. The zero-order valence-electron chi connectivity index (χ0n) is 13.1. The van der Waals surface area contributed by atoms with Crippen LogP contribution in [0.5, 0.6) is 0 Å². The number of carboxylic acids is 1. The van der Waals surface area contributed by atoms with Gasteiger partial charge in [-0.3, -0.25) is 0 Å². The van der Waals surface area contributed by atoms with Gasteiger partial charge in [0.25, 0.3) is 0 Å². The highest BCUT2D eigenvalue weighted by molar-refractivity contribution is 6.31. The maximum Gasteiger partial charge on any atom is 0.337 e. The van der Waals surface area contributed by atoms with Crippen LogP contribution in [0.25, 0.3) is 0 Å². The predicted octanol–water partition coefficient (Wildman–Crippen LogP) is 4.18. The van der Waals surface area contributed by atoms with Gasteiger partial charge in [0.15, 0.2) is 0 Å². The lowest BCUT2D eigenvalue weighted by Crippen LogP contribution is -2.07. The van der Waals surface area contributed by atoms with E-state index < -0.39 is 5.97 Å². The van der Waals surface area contributed by atoms with E-state index in [4.69, 9.17) is 11.6 Å². The molecule has 126 valence electrons. The quantitative estimate of drug-likeness (QED) is 0.615. The number of aromatic nitrogens is 2. The number of hydrogen-bond acceptors (Lipinski definition) is 5. The third-order valence-electron chi connectivity index (χ3n) is 3.47. The van der Waals surface area contributed by atoms with Crippen LogP contribution in [-0.2, 0) is 6.54 Å². The van der Waals surface area contributed by atoms with Crippen molar-refractivity contribution in [2.24, 2.45) is 0 Å². The Morgan fingerprint density at radius 3 is 2.64 bits per heavy atom. The molecule has 6 nitrogen and oxygen atoms in total. The van der Waals surface area contributed by atoms with Crippen LogP contribution in [0.2, 0.25) is 5.02 Å². The second-order valence-corrected chi connectivity index (χ2v) is 5.59. The molecule has 3 aromatic rings. The Labute approximate surface area is 149 Å². The summed E-state index contributed by atoms with van der Waals surface area (Å²) in [6.07, 6.45) is 1.59. The Hall–Kier alpha value is -3.12. The van der Waals surface area contributed by atoms with Crippen molar-refractivity contribution in [2.45, 2.75) is 6.54 Å². The van der Waals surface area contributed by atoms with Crippen molar-refractivity contribution in [3.05, 3.63) is 76.9 Å². The number of benzene rings is 2. The monoisotopic (exact) mass is 354 g/mol. The molecule has 0 saturated heterocycles. The summed E-state index contributed by atoms with van der Waals surface area (Å²) < 4.78 is 0. The third-order valence-corrected chi connectivity index (χ3v) is 3.84. The van der Waals surface area contributed by atoms with E-state index in [-0.39, 0.29) is 5.56 Å². The summed E-state index contributed by atoms with van der Waals surface area (Å²) in [5.74, 6) is -0.0997. The number of carboxylic acid groups (broad SMARTS) is 1. The molecule has 0 spiro atoms. The van der Waals surface area contributed by atoms with Crippen molar-refractivity contribution < 1.29 is 9.90 Å². The number of nitrogens with zero attached hydrogens (tertiary/aromatic N) is 2. The maximum absolute atomic E-state index is 11.3. The van der Waals surface area contributed by atoms with Crippen LogP contribution in [0.3, 0.4) is 0 Å². The SMILES string of the molecule is O=C(O)c1ccccc1Nc1ccnc(NCc2ccccc2Cl)n1. The van der Waals surface area contributed by atoms with E-state index in [1.165, 1.54) is 6.07 Å². The minimum Gasteiger partial charge on any atom is -0.478 e. The summed E-state index contributed by atoms with van der Waals surface area (Å²) in [5.41, 5.74) is 1.57. The molecule has 0 aliphatic heterocycles. The number of para-hydroxylation sites is 1. The molecular weight excluding hydrogens is 340 g/mol. The summed E-state index contributed by atoms with van der Waals surface area (Å²) in [6.45, 7) is 0.481. The lowest BCUT2D eigenvalue weighted by atomic mass is 10.2. The number of carbonyl (C=O) groups is 1. The lowest BCUT2D eigenvalue weighted by Gasteiger charge is -2.10. The van der Waals surface area contributed by atoms with E-state index in [1.807, 2.05) is 24.3 Å². The smallest absolute Gasteiger partial charge is 0.337 e. The van der Waals surface area contributed by atoms with E-state index >= 15 is 0 Å². The highest BCUT2D eigenvalue weighted by Gasteiger charge is 2.10. The molecule has 0 aliphatic rings. The number of hydrogen-bond donors (Lipinski definition) is 3. The number of nitrogens with one attached hydrogen (secondary N) is 2. The first-order valence-electron chi connectivity index (χ1n) is 7.53. The van der Waals surface area contributed by atoms with E-state index in [1.54, 1.807) is 30.5 Å². The van der Waals surface area contributed by atoms with Gasteiger partial charge in [-0.25, -0.2) is 9.78 Å². The predicted molar refractivity (Wildman–Crippen MR) is 97.5 cm³/mol. The molecule has 3 N–H and O–H groups in total. The minimum atomic E-state index is -1.01. The average Bonchev–Trinajstić information content (AvgIpc) is 2.62. The molecule has 0 radical (unpaired) electrons. The molecule has 25 heavy (non-hydrogen) atoms. The second kappa shape index (κ2) is 7.63. The summed E-state index contributed by atoms with van der Waals surface area (Å²) in [4.78, 5) is 19.8. The van der Waals surface area contributed by atoms with Gasteiger partial charge in [0.2, 0.25) is 5.95 Å². The van der Waals surface area contributed by atoms with Gasteiger partial charge in [-0.2, -0.15) is 4.98 Å². The first-order chi connectivity index (χ1) is 12.1. The molecule has 0 fully saturated rings. The van der Waals surface area contributed by atoms with Gasteiger partial charge >= 0.3 is 5.97 Å². The average molecular weight is 355 g/mol. The Kier molecular flexibility index (Phi) is 5.11. The van der Waals surface area contributed by atoms with Crippen LogP contribution in [0.4, 0.5) is 17.5 Å². The standard InChI is InChI=1S/C18H15ClN4O2/c19-14-7-3-1-5-12(14)11-21-18-20-10-9-16(23-18)22-15-8-4-2-6-13(15)17(24)25/h1-10H,11H2,(H,24,25)(H2,20,21,22,23). The first-order valence-corrected chi connectivity index (χ1v) is 7.91. The third kappa shape index (κ3) is 4.24. The number of halogens is 1. The van der Waals surface area contributed by atoms with Gasteiger partial charge in [0, 0.05) is 17.8 Å². The van der Waals surface area contributed by atoms with Crippen LogP contribution in [0, 0.1) is 0 Å². The van der Waals surface area contributed by atoms with Crippen molar-refractivity contribution >= 4 is 35.0 Å². The van der Waals surface area contributed by atoms with E-state index in [9.17, 15) is 9.90 Å². The molecule has 7 heteroatoms. The van der Waals surface area contributed by atoms with Crippen molar-refractivity contribution in [3.8, 4) is 0 Å². The topological polar surface area (TPSA) is 87.1 Å². The molecule has 1 aromatic heterocycles. The number of rotatable bonds is 6. The second-order valence-electron chi connectivity index (χ2n) is 5.19. The van der Waals surface area contributed by atoms with Crippen molar-refractivity contribution in [3.63, 3.8) is 0 Å². The van der Waals surface area contributed by atoms with Gasteiger partial charge in [-0.05, 0) is 29.8 Å². The van der Waals surface area contributed by atoms with Gasteiger partial charge in [-0.15, -0.1) is 0 Å². The van der Waals surface area contributed by atoms with Crippen LogP contribution in [0.15, 0.2) is 60.8 Å². The van der Waals surface area contributed by atoms with Gasteiger partial charge in [0.05, 0.1) is 11.3 Å². The van der Waals surface area contributed by atoms with Crippen LogP contribution < -0.4 is 10.6 Å². The molecule has 1 heterocycles. The first kappa shape index (κ1) is 16.7. The van der Waals surface area contributed by atoms with Gasteiger partial charge in [-0.1, -0.05) is 41.9 Å². The molecule has 0 aliphatic carbocycles. The summed E-state index contributed by atoms with van der Waals surface area (Å²) in [6, 6.07) is 15.8. The normalized spacial score (nSPS) is 10.3. The highest BCUT2D eigenvalue weighted by atomic mass is 35.5. The molecule has 0 bridgehead atoms. The van der Waals surface area contributed by atoms with Crippen molar-refractivity contribution in [1.82, 2.24) is 9.97 Å². The fraction of sp³-hybridized carbons (Fsp3) is 0.0556. The van der Waals surface area contributed by atoms with Gasteiger partial charge in [0.1, 0.15) is 5.82 Å². The van der Waals surface area contributed by atoms with E-state index in [0.29, 0.717) is 29.0 Å². The molecule has 0 atom stereocenters. The molecule has 0 unspecified atom stereocenters. The zero-order chi connectivity index (χ0) is 17.6. The Bertz CT molecular complexity index is 902. The molecule has 3 rings (SSSR count). The molecule has 2 aromatic carbocycles. The number of anilines is 3. The fourth-order valence-corrected chi connectivity index (χ4v) is 2.45. The number of aromatic carboxylic acids is 1. The summed E-state index contributed by atoms with van der Waals surface area (Å²) >= 11 is 6.13. The van der Waals surface area contributed by atoms with E-state index in [2.05, 4.69) is 20.6 Å². The minimum absolute atomic E-state index is 0.173. The maximum atomic E-state index is 11.3. The van der Waals surface area contributed by atoms with Crippen LogP contribution >= 0.6 is 11.6 Å². The Morgan fingerprint density at radius 1 is 1.08 bits per heavy atom. The zero-order valence-corrected chi connectivity index (χ0v) is 13.9. The Morgan fingerprint density at radius 2 is 1.84 bits per heavy atom. The van der Waals surface area contributed by atoms with E-state index in [0.717, 1.165) is 5.56 Å².